The maximum absolute atomic E-state index is 13.6. The van der Waals surface area contributed by atoms with Crippen LogP contribution in [0.1, 0.15) is 41.4 Å². The minimum atomic E-state index is -0.822. The molecule has 0 atom stereocenters. The van der Waals surface area contributed by atoms with Crippen LogP contribution in [0.5, 0.6) is 11.5 Å². The SMILES string of the molecule is COc1ccc(C(=O)N(C(=O)c2ccc(OC)cc2)C2=C(Cl)C(=O)c3ccccc3C2=O)cc1. The van der Waals surface area contributed by atoms with Crippen LogP contribution in [0.15, 0.2) is 83.5 Å². The second kappa shape index (κ2) is 9.33. The van der Waals surface area contributed by atoms with Gasteiger partial charge in [-0.2, -0.15) is 0 Å². The molecule has 0 saturated carbocycles. The van der Waals surface area contributed by atoms with Gasteiger partial charge in [0.05, 0.1) is 14.2 Å². The predicted molar refractivity (Wildman–Crippen MR) is 124 cm³/mol. The summed E-state index contributed by atoms with van der Waals surface area (Å²) in [6.45, 7) is 0. The Hall–Kier alpha value is -4.23. The van der Waals surface area contributed by atoms with Crippen LogP contribution in [0.25, 0.3) is 0 Å². The number of Topliss-reactive ketones (excluding diaryl/α,β-unsaturated/α-hetero) is 2. The van der Waals surface area contributed by atoms with Gasteiger partial charge in [-0.05, 0) is 48.5 Å². The number of hydrogen-bond acceptors (Lipinski definition) is 6. The van der Waals surface area contributed by atoms with Crippen molar-refractivity contribution in [2.75, 3.05) is 14.2 Å². The van der Waals surface area contributed by atoms with Gasteiger partial charge in [0.15, 0.2) is 0 Å². The van der Waals surface area contributed by atoms with E-state index in [9.17, 15) is 19.2 Å². The molecule has 0 bridgehead atoms. The van der Waals surface area contributed by atoms with Gasteiger partial charge in [0.2, 0.25) is 11.6 Å². The van der Waals surface area contributed by atoms with Crippen LogP contribution in [-0.2, 0) is 0 Å². The topological polar surface area (TPSA) is 90.0 Å². The second-order valence-corrected chi connectivity index (χ2v) is 7.65. The Morgan fingerprint density at radius 1 is 0.676 bits per heavy atom. The molecule has 2 amide bonds. The van der Waals surface area contributed by atoms with Crippen LogP contribution < -0.4 is 9.47 Å². The number of fused-ring (bicyclic) bond motifs is 1. The highest BCUT2D eigenvalue weighted by molar-refractivity contribution is 6.50. The molecule has 0 unspecified atom stereocenters. The zero-order valence-electron chi connectivity index (χ0n) is 18.2. The van der Waals surface area contributed by atoms with Crippen molar-refractivity contribution in [3.05, 3.63) is 106 Å². The van der Waals surface area contributed by atoms with Crippen molar-refractivity contribution in [2.45, 2.75) is 0 Å². The van der Waals surface area contributed by atoms with E-state index in [0.29, 0.717) is 16.4 Å². The Morgan fingerprint density at radius 2 is 1.09 bits per heavy atom. The molecule has 0 spiro atoms. The van der Waals surface area contributed by atoms with Crippen LogP contribution in [0.3, 0.4) is 0 Å². The number of ether oxygens (including phenoxy) is 2. The fraction of sp³-hybridized carbons (Fsp3) is 0.0769. The molecule has 0 aromatic heterocycles. The van der Waals surface area contributed by atoms with E-state index in [2.05, 4.69) is 0 Å². The summed E-state index contributed by atoms with van der Waals surface area (Å²) in [6.07, 6.45) is 0. The van der Waals surface area contributed by atoms with Crippen molar-refractivity contribution in [3.8, 4) is 11.5 Å². The normalized spacial score (nSPS) is 12.8. The van der Waals surface area contributed by atoms with E-state index in [1.807, 2.05) is 0 Å². The molecule has 3 aromatic rings. The lowest BCUT2D eigenvalue weighted by atomic mass is 9.91. The lowest BCUT2D eigenvalue weighted by Crippen LogP contribution is -2.41. The van der Waals surface area contributed by atoms with E-state index < -0.39 is 34.1 Å². The van der Waals surface area contributed by atoms with Crippen molar-refractivity contribution < 1.29 is 28.7 Å². The maximum atomic E-state index is 13.6. The largest absolute Gasteiger partial charge is 0.497 e. The summed E-state index contributed by atoms with van der Waals surface area (Å²) in [5, 5.41) is -0.507. The first-order valence-corrected chi connectivity index (χ1v) is 10.5. The highest BCUT2D eigenvalue weighted by Crippen LogP contribution is 2.32. The monoisotopic (exact) mass is 475 g/mol. The van der Waals surface area contributed by atoms with E-state index in [0.717, 1.165) is 0 Å². The lowest BCUT2D eigenvalue weighted by molar-refractivity contribution is 0.0641. The fourth-order valence-electron chi connectivity index (χ4n) is 3.55. The number of imide groups is 1. The number of nitrogens with zero attached hydrogens (tertiary/aromatic N) is 1. The zero-order valence-corrected chi connectivity index (χ0v) is 19.0. The van der Waals surface area contributed by atoms with E-state index in [-0.39, 0.29) is 22.3 Å². The molecule has 0 saturated heterocycles. The van der Waals surface area contributed by atoms with Crippen molar-refractivity contribution in [1.29, 1.82) is 0 Å². The summed E-state index contributed by atoms with van der Waals surface area (Å²) in [6, 6.07) is 18.1. The molecular formula is C26H18ClNO6. The zero-order chi connectivity index (χ0) is 24.4. The Labute approximate surface area is 200 Å². The predicted octanol–water partition coefficient (Wildman–Crippen LogP) is 4.52. The van der Waals surface area contributed by atoms with Crippen LogP contribution in [0, 0.1) is 0 Å². The fourth-order valence-corrected chi connectivity index (χ4v) is 3.82. The molecule has 170 valence electrons. The molecule has 0 fully saturated rings. The molecule has 4 rings (SSSR count). The third-order valence-electron chi connectivity index (χ3n) is 5.34. The van der Waals surface area contributed by atoms with Crippen molar-refractivity contribution >= 4 is 35.0 Å². The number of carbonyl (C=O) groups excluding carboxylic acids is 4. The Morgan fingerprint density at radius 3 is 1.50 bits per heavy atom. The van der Waals surface area contributed by atoms with E-state index in [1.54, 1.807) is 36.4 Å². The standard InChI is InChI=1S/C26H18ClNO6/c1-33-17-11-7-15(8-12-17)25(31)28(26(32)16-9-13-18(34-2)14-10-16)22-21(27)23(29)19-5-3-4-6-20(19)24(22)30/h3-14H,1-2H3. The third kappa shape index (κ3) is 3.97. The van der Waals surface area contributed by atoms with E-state index in [4.69, 9.17) is 21.1 Å². The molecule has 1 aliphatic rings. The first-order chi connectivity index (χ1) is 16.4. The van der Waals surface area contributed by atoms with E-state index >= 15 is 0 Å². The minimum Gasteiger partial charge on any atom is -0.497 e. The number of rotatable bonds is 5. The van der Waals surface area contributed by atoms with Gasteiger partial charge < -0.3 is 9.47 Å². The molecule has 0 N–H and O–H groups in total. The number of benzene rings is 3. The van der Waals surface area contributed by atoms with Gasteiger partial charge in [0.1, 0.15) is 22.2 Å². The summed E-state index contributed by atoms with van der Waals surface area (Å²) in [5.41, 5.74) is -0.138. The van der Waals surface area contributed by atoms with E-state index in [1.165, 1.54) is 50.6 Å². The molecule has 7 nitrogen and oxygen atoms in total. The third-order valence-corrected chi connectivity index (χ3v) is 5.69. The number of amides is 2. The van der Waals surface area contributed by atoms with Gasteiger partial charge in [-0.25, -0.2) is 4.90 Å². The van der Waals surface area contributed by atoms with Gasteiger partial charge in [0, 0.05) is 22.3 Å². The maximum Gasteiger partial charge on any atom is 0.265 e. The summed E-state index contributed by atoms with van der Waals surface area (Å²) in [4.78, 5) is 54.1. The van der Waals surface area contributed by atoms with Crippen molar-refractivity contribution in [3.63, 3.8) is 0 Å². The van der Waals surface area contributed by atoms with Gasteiger partial charge in [-0.1, -0.05) is 35.9 Å². The molecule has 0 aliphatic heterocycles. The Bertz CT molecular complexity index is 1280. The summed E-state index contributed by atoms with van der Waals surface area (Å²) < 4.78 is 10.2. The molecule has 0 radical (unpaired) electrons. The first-order valence-electron chi connectivity index (χ1n) is 10.1. The molecule has 0 heterocycles. The van der Waals surface area contributed by atoms with Crippen LogP contribution >= 0.6 is 11.6 Å². The van der Waals surface area contributed by atoms with Crippen LogP contribution in [-0.4, -0.2) is 42.5 Å². The molecule has 8 heteroatoms. The number of halogens is 1. The lowest BCUT2D eigenvalue weighted by Gasteiger charge is -2.27. The molecule has 34 heavy (non-hydrogen) atoms. The Balaban J connectivity index is 1.87. The molecule has 1 aliphatic carbocycles. The smallest absolute Gasteiger partial charge is 0.265 e. The highest BCUT2D eigenvalue weighted by atomic mass is 35.5. The Kier molecular flexibility index (Phi) is 6.30. The number of allylic oxidation sites excluding steroid dienone is 2. The van der Waals surface area contributed by atoms with Gasteiger partial charge in [-0.3, -0.25) is 19.2 Å². The highest BCUT2D eigenvalue weighted by Gasteiger charge is 2.40. The van der Waals surface area contributed by atoms with Crippen LogP contribution in [0.2, 0.25) is 0 Å². The summed E-state index contributed by atoms with van der Waals surface area (Å²) in [7, 11) is 2.95. The molecular weight excluding hydrogens is 458 g/mol. The second-order valence-electron chi connectivity index (χ2n) is 7.27. The summed E-state index contributed by atoms with van der Waals surface area (Å²) in [5.74, 6) is -2.00. The number of carbonyl (C=O) groups is 4. The number of methoxy groups -OCH3 is 2. The van der Waals surface area contributed by atoms with Crippen molar-refractivity contribution in [1.82, 2.24) is 4.90 Å². The average Bonchev–Trinajstić information content (AvgIpc) is 2.89. The summed E-state index contributed by atoms with van der Waals surface area (Å²) >= 11 is 6.33. The number of ketones is 2. The average molecular weight is 476 g/mol. The first kappa shape index (κ1) is 22.9. The number of hydrogen-bond donors (Lipinski definition) is 0. The minimum absolute atomic E-state index is 0.0574. The van der Waals surface area contributed by atoms with Crippen LogP contribution in [0.4, 0.5) is 0 Å². The quantitative estimate of drug-likeness (QED) is 0.504. The van der Waals surface area contributed by atoms with Gasteiger partial charge in [-0.15, -0.1) is 0 Å². The molecule has 3 aromatic carbocycles. The van der Waals surface area contributed by atoms with Crippen molar-refractivity contribution in [2.24, 2.45) is 0 Å². The van der Waals surface area contributed by atoms with Gasteiger partial charge >= 0.3 is 0 Å². The van der Waals surface area contributed by atoms with Gasteiger partial charge in [0.25, 0.3) is 11.8 Å².